The molecular formula is C22H21ClN2O3S. The van der Waals surface area contributed by atoms with E-state index in [1.54, 1.807) is 49.4 Å². The van der Waals surface area contributed by atoms with E-state index in [1.807, 2.05) is 19.9 Å². The van der Waals surface area contributed by atoms with Gasteiger partial charge in [-0.3, -0.25) is 9.52 Å². The Morgan fingerprint density at radius 1 is 0.897 bits per heavy atom. The summed E-state index contributed by atoms with van der Waals surface area (Å²) in [5, 5.41) is 3.39. The van der Waals surface area contributed by atoms with Gasteiger partial charge in [0.25, 0.3) is 15.9 Å². The summed E-state index contributed by atoms with van der Waals surface area (Å²) >= 11 is 5.96. The fourth-order valence-corrected chi connectivity index (χ4v) is 4.19. The van der Waals surface area contributed by atoms with Gasteiger partial charge in [0, 0.05) is 22.0 Å². The van der Waals surface area contributed by atoms with E-state index >= 15 is 0 Å². The van der Waals surface area contributed by atoms with Crippen LogP contribution in [0.25, 0.3) is 0 Å². The number of amides is 1. The van der Waals surface area contributed by atoms with Crippen molar-refractivity contribution in [2.45, 2.75) is 25.7 Å². The molecule has 29 heavy (non-hydrogen) atoms. The third-order valence-corrected chi connectivity index (χ3v) is 6.08. The summed E-state index contributed by atoms with van der Waals surface area (Å²) in [6, 6.07) is 16.7. The lowest BCUT2D eigenvalue weighted by Crippen LogP contribution is -2.17. The molecule has 0 heterocycles. The van der Waals surface area contributed by atoms with E-state index in [1.165, 1.54) is 12.1 Å². The molecule has 0 radical (unpaired) electrons. The number of halogens is 1. The molecule has 5 nitrogen and oxygen atoms in total. The van der Waals surface area contributed by atoms with Crippen molar-refractivity contribution in [2.75, 3.05) is 10.0 Å². The third kappa shape index (κ3) is 4.96. The number of anilines is 2. The molecule has 0 saturated heterocycles. The zero-order chi connectivity index (χ0) is 21.2. The highest BCUT2D eigenvalue weighted by molar-refractivity contribution is 7.92. The molecule has 0 atom stereocenters. The highest BCUT2D eigenvalue weighted by Crippen LogP contribution is 2.23. The van der Waals surface area contributed by atoms with E-state index in [-0.39, 0.29) is 16.4 Å². The minimum Gasteiger partial charge on any atom is -0.322 e. The Morgan fingerprint density at radius 2 is 1.66 bits per heavy atom. The van der Waals surface area contributed by atoms with E-state index in [0.717, 1.165) is 11.1 Å². The van der Waals surface area contributed by atoms with Crippen molar-refractivity contribution in [3.63, 3.8) is 0 Å². The summed E-state index contributed by atoms with van der Waals surface area (Å²) in [6.45, 7) is 5.47. The van der Waals surface area contributed by atoms with Gasteiger partial charge in [-0.15, -0.1) is 0 Å². The molecule has 3 rings (SSSR count). The third-order valence-electron chi connectivity index (χ3n) is 4.47. The van der Waals surface area contributed by atoms with Crippen LogP contribution in [0.5, 0.6) is 0 Å². The largest absolute Gasteiger partial charge is 0.322 e. The second kappa shape index (κ2) is 8.27. The Hall–Kier alpha value is -2.83. The van der Waals surface area contributed by atoms with Crippen LogP contribution in [-0.2, 0) is 10.0 Å². The molecule has 0 aliphatic rings. The standard InChI is InChI=1S/C22H21ClN2O3S/c1-14-5-4-6-18(11-14)25-29(27,28)19-9-7-15(2)20(13-19)22(26)24-21-10-8-17(23)12-16(21)3/h4-13,25H,1-3H3,(H,24,26). The molecule has 7 heteroatoms. The van der Waals surface area contributed by atoms with Crippen LogP contribution < -0.4 is 10.0 Å². The molecule has 1 amide bonds. The van der Waals surface area contributed by atoms with Gasteiger partial charge in [0.15, 0.2) is 0 Å². The molecule has 0 spiro atoms. The molecule has 0 unspecified atom stereocenters. The van der Waals surface area contributed by atoms with Gasteiger partial charge in [-0.1, -0.05) is 29.8 Å². The first-order valence-electron chi connectivity index (χ1n) is 8.93. The highest BCUT2D eigenvalue weighted by Gasteiger charge is 2.19. The summed E-state index contributed by atoms with van der Waals surface area (Å²) in [4.78, 5) is 12.8. The maximum absolute atomic E-state index is 12.8. The van der Waals surface area contributed by atoms with Crippen LogP contribution in [0, 0.1) is 20.8 Å². The van der Waals surface area contributed by atoms with Gasteiger partial charge in [-0.2, -0.15) is 0 Å². The maximum atomic E-state index is 12.8. The second-order valence-electron chi connectivity index (χ2n) is 6.87. The van der Waals surface area contributed by atoms with Crippen molar-refractivity contribution >= 4 is 38.9 Å². The van der Waals surface area contributed by atoms with Crippen molar-refractivity contribution in [1.82, 2.24) is 0 Å². The monoisotopic (exact) mass is 428 g/mol. The summed E-state index contributed by atoms with van der Waals surface area (Å²) < 4.78 is 28.1. The van der Waals surface area contributed by atoms with Crippen LogP contribution in [0.3, 0.4) is 0 Å². The summed E-state index contributed by atoms with van der Waals surface area (Å²) in [6.07, 6.45) is 0. The number of aryl methyl sites for hydroxylation is 3. The van der Waals surface area contributed by atoms with Gasteiger partial charge in [-0.25, -0.2) is 8.42 Å². The van der Waals surface area contributed by atoms with E-state index in [2.05, 4.69) is 10.0 Å². The lowest BCUT2D eigenvalue weighted by Gasteiger charge is -2.13. The van der Waals surface area contributed by atoms with Crippen LogP contribution in [0.15, 0.2) is 65.6 Å². The first-order valence-corrected chi connectivity index (χ1v) is 10.8. The Kier molecular flexibility index (Phi) is 5.96. The van der Waals surface area contributed by atoms with Crippen LogP contribution >= 0.6 is 11.6 Å². The highest BCUT2D eigenvalue weighted by atomic mass is 35.5. The molecule has 0 saturated carbocycles. The predicted octanol–water partition coefficient (Wildman–Crippen LogP) is 5.32. The SMILES string of the molecule is Cc1cccc(NS(=O)(=O)c2ccc(C)c(C(=O)Nc3ccc(Cl)cc3C)c2)c1. The zero-order valence-corrected chi connectivity index (χ0v) is 17.9. The zero-order valence-electron chi connectivity index (χ0n) is 16.3. The number of nitrogens with one attached hydrogen (secondary N) is 2. The Balaban J connectivity index is 1.89. The average molecular weight is 429 g/mol. The fraction of sp³-hybridized carbons (Fsp3) is 0.136. The topological polar surface area (TPSA) is 75.3 Å². The van der Waals surface area contributed by atoms with E-state index < -0.39 is 10.0 Å². The summed E-state index contributed by atoms with van der Waals surface area (Å²) in [5.41, 5.74) is 3.79. The van der Waals surface area contributed by atoms with Gasteiger partial charge >= 0.3 is 0 Å². The first-order chi connectivity index (χ1) is 13.7. The molecule has 0 bridgehead atoms. The normalized spacial score (nSPS) is 11.2. The lowest BCUT2D eigenvalue weighted by molar-refractivity contribution is 0.102. The fourth-order valence-electron chi connectivity index (χ4n) is 2.89. The molecule has 0 aliphatic carbocycles. The smallest absolute Gasteiger partial charge is 0.261 e. The first kappa shape index (κ1) is 20.9. The van der Waals surface area contributed by atoms with E-state index in [0.29, 0.717) is 22.0 Å². The number of rotatable bonds is 5. The van der Waals surface area contributed by atoms with Crippen LogP contribution in [0.4, 0.5) is 11.4 Å². The quantitative estimate of drug-likeness (QED) is 0.577. The van der Waals surface area contributed by atoms with Crippen molar-refractivity contribution in [3.8, 4) is 0 Å². The molecule has 150 valence electrons. The Morgan fingerprint density at radius 3 is 2.34 bits per heavy atom. The van der Waals surface area contributed by atoms with Gasteiger partial charge in [0.2, 0.25) is 0 Å². The lowest BCUT2D eigenvalue weighted by atomic mass is 10.1. The number of sulfonamides is 1. The molecule has 3 aromatic carbocycles. The minimum absolute atomic E-state index is 0.0163. The minimum atomic E-state index is -3.84. The summed E-state index contributed by atoms with van der Waals surface area (Å²) in [5.74, 6) is -0.388. The molecule has 3 aromatic rings. The van der Waals surface area contributed by atoms with Crippen molar-refractivity contribution < 1.29 is 13.2 Å². The van der Waals surface area contributed by atoms with Gasteiger partial charge < -0.3 is 5.32 Å². The van der Waals surface area contributed by atoms with Crippen molar-refractivity contribution in [2.24, 2.45) is 0 Å². The number of hydrogen-bond donors (Lipinski definition) is 2. The molecule has 0 aromatic heterocycles. The number of carbonyl (C=O) groups is 1. The van der Waals surface area contributed by atoms with E-state index in [4.69, 9.17) is 11.6 Å². The van der Waals surface area contributed by atoms with Gasteiger partial charge in [0.05, 0.1) is 4.90 Å². The van der Waals surface area contributed by atoms with Crippen LogP contribution in [0.2, 0.25) is 5.02 Å². The number of carbonyl (C=O) groups excluding carboxylic acids is 1. The predicted molar refractivity (Wildman–Crippen MR) is 117 cm³/mol. The second-order valence-corrected chi connectivity index (χ2v) is 8.98. The van der Waals surface area contributed by atoms with Crippen LogP contribution in [-0.4, -0.2) is 14.3 Å². The van der Waals surface area contributed by atoms with E-state index in [9.17, 15) is 13.2 Å². The molecule has 0 aliphatic heterocycles. The Labute approximate surface area is 175 Å². The molecular weight excluding hydrogens is 408 g/mol. The summed E-state index contributed by atoms with van der Waals surface area (Å²) in [7, 11) is -3.84. The van der Waals surface area contributed by atoms with Crippen molar-refractivity contribution in [3.05, 3.63) is 87.9 Å². The van der Waals surface area contributed by atoms with Crippen LogP contribution in [0.1, 0.15) is 27.0 Å². The molecule has 2 N–H and O–H groups in total. The van der Waals surface area contributed by atoms with Gasteiger partial charge in [0.1, 0.15) is 0 Å². The molecule has 0 fully saturated rings. The average Bonchev–Trinajstić information content (AvgIpc) is 2.63. The van der Waals surface area contributed by atoms with Gasteiger partial charge in [-0.05, 0) is 79.9 Å². The van der Waals surface area contributed by atoms with Crippen molar-refractivity contribution in [1.29, 1.82) is 0 Å². The number of hydrogen-bond acceptors (Lipinski definition) is 3. The number of benzene rings is 3. The maximum Gasteiger partial charge on any atom is 0.261 e. The Bertz CT molecular complexity index is 1190.